The number of hydrogen-bond donors (Lipinski definition) is 1. The topological polar surface area (TPSA) is 69.0 Å². The van der Waals surface area contributed by atoms with Crippen molar-refractivity contribution in [2.45, 2.75) is 13.2 Å². The van der Waals surface area contributed by atoms with Crippen LogP contribution in [0.3, 0.4) is 0 Å². The van der Waals surface area contributed by atoms with Crippen LogP contribution in [0.25, 0.3) is 0 Å². The van der Waals surface area contributed by atoms with Crippen molar-refractivity contribution in [3.63, 3.8) is 0 Å². The number of carbonyl (C=O) groups is 1. The molecule has 4 rings (SSSR count). The number of anilines is 1. The highest BCUT2D eigenvalue weighted by atomic mass is 35.5. The molecule has 0 aliphatic heterocycles. The summed E-state index contributed by atoms with van der Waals surface area (Å²) in [5, 5.41) is 10.2. The molecule has 2 aromatic carbocycles. The minimum absolute atomic E-state index is 0.236. The highest BCUT2D eigenvalue weighted by Gasteiger charge is 2.13. The molecule has 1 amide bonds. The lowest BCUT2D eigenvalue weighted by Crippen LogP contribution is -2.12. The highest BCUT2D eigenvalue weighted by Crippen LogP contribution is 2.20. The van der Waals surface area contributed by atoms with Gasteiger partial charge in [0.15, 0.2) is 0 Å². The predicted octanol–water partition coefficient (Wildman–Crippen LogP) is 5.53. The molecule has 0 atom stereocenters. The van der Waals surface area contributed by atoms with Gasteiger partial charge in [0.05, 0.1) is 11.4 Å². The Morgan fingerprint density at radius 3 is 2.73 bits per heavy atom. The average Bonchev–Trinajstić information content (AvgIpc) is 3.39. The fourth-order valence-corrected chi connectivity index (χ4v) is 3.77. The van der Waals surface area contributed by atoms with Gasteiger partial charge in [-0.1, -0.05) is 41.4 Å². The molecule has 4 aromatic rings. The van der Waals surface area contributed by atoms with Crippen molar-refractivity contribution in [1.29, 1.82) is 0 Å². The van der Waals surface area contributed by atoms with E-state index in [1.165, 1.54) is 11.3 Å². The quantitative estimate of drug-likeness (QED) is 0.395. The first kappa shape index (κ1) is 20.4. The van der Waals surface area contributed by atoms with E-state index in [1.54, 1.807) is 41.3 Å². The zero-order valence-corrected chi connectivity index (χ0v) is 17.9. The first-order valence-electron chi connectivity index (χ1n) is 8.97. The number of hydrogen-bond acceptors (Lipinski definition) is 5. The number of benzene rings is 2. The number of thiophene rings is 1. The van der Waals surface area contributed by atoms with Crippen LogP contribution in [0, 0.1) is 0 Å². The maximum absolute atomic E-state index is 12.5. The monoisotopic (exact) mass is 458 g/mol. The van der Waals surface area contributed by atoms with Crippen molar-refractivity contribution < 1.29 is 9.53 Å². The van der Waals surface area contributed by atoms with E-state index >= 15 is 0 Å². The highest BCUT2D eigenvalue weighted by molar-refractivity contribution is 7.12. The van der Waals surface area contributed by atoms with Crippen LogP contribution in [-0.2, 0) is 13.2 Å². The molecule has 2 heterocycles. The van der Waals surface area contributed by atoms with Crippen molar-refractivity contribution in [1.82, 2.24) is 14.8 Å². The van der Waals surface area contributed by atoms with E-state index in [9.17, 15) is 4.79 Å². The lowest BCUT2D eigenvalue weighted by molar-refractivity contribution is 0.102. The van der Waals surface area contributed by atoms with Gasteiger partial charge in [0.25, 0.3) is 5.91 Å². The summed E-state index contributed by atoms with van der Waals surface area (Å²) in [6.07, 6.45) is 1.55. The summed E-state index contributed by atoms with van der Waals surface area (Å²) >= 11 is 13.4. The molecule has 9 heteroatoms. The minimum Gasteiger partial charge on any atom is -0.489 e. The van der Waals surface area contributed by atoms with E-state index in [2.05, 4.69) is 15.4 Å². The lowest BCUT2D eigenvalue weighted by Gasteiger charge is -2.04. The number of halogens is 2. The van der Waals surface area contributed by atoms with Crippen LogP contribution < -0.4 is 10.1 Å². The Morgan fingerprint density at radius 2 is 1.93 bits per heavy atom. The first-order valence-corrected chi connectivity index (χ1v) is 10.6. The third-order valence-corrected chi connectivity index (χ3v) is 5.75. The molecule has 0 fully saturated rings. The third kappa shape index (κ3) is 5.18. The van der Waals surface area contributed by atoms with Crippen LogP contribution in [0.15, 0.2) is 66.3 Å². The SMILES string of the molecule is O=C(Nc1ncn(Cc2ccccc2Cl)n1)c1cc(COc2ccc(Cl)cc2)cs1. The van der Waals surface area contributed by atoms with Crippen LogP contribution in [0.4, 0.5) is 5.95 Å². The molecule has 0 spiro atoms. The summed E-state index contributed by atoms with van der Waals surface area (Å²) in [6, 6.07) is 16.4. The van der Waals surface area contributed by atoms with Gasteiger partial charge in [0.1, 0.15) is 18.7 Å². The molecule has 1 N–H and O–H groups in total. The summed E-state index contributed by atoms with van der Waals surface area (Å²) in [4.78, 5) is 17.2. The third-order valence-electron chi connectivity index (χ3n) is 4.15. The maximum atomic E-state index is 12.5. The Balaban J connectivity index is 1.34. The van der Waals surface area contributed by atoms with Crippen molar-refractivity contribution >= 4 is 46.4 Å². The van der Waals surface area contributed by atoms with E-state index in [4.69, 9.17) is 27.9 Å². The number of rotatable bonds is 7. The Bertz CT molecular complexity index is 1160. The summed E-state index contributed by atoms with van der Waals surface area (Å²) < 4.78 is 7.33. The fourth-order valence-electron chi connectivity index (χ4n) is 2.66. The smallest absolute Gasteiger partial charge is 0.268 e. The van der Waals surface area contributed by atoms with Gasteiger partial charge >= 0.3 is 0 Å². The van der Waals surface area contributed by atoms with Crippen LogP contribution in [0.1, 0.15) is 20.8 Å². The van der Waals surface area contributed by atoms with Gasteiger partial charge in [0, 0.05) is 15.6 Å². The number of nitrogens with one attached hydrogen (secondary N) is 1. The molecule has 0 aliphatic carbocycles. The molecule has 6 nitrogen and oxygen atoms in total. The van der Waals surface area contributed by atoms with Crippen LogP contribution in [0.2, 0.25) is 10.0 Å². The van der Waals surface area contributed by atoms with Gasteiger partial charge < -0.3 is 4.74 Å². The van der Waals surface area contributed by atoms with E-state index in [0.717, 1.165) is 11.1 Å². The second-order valence-corrected chi connectivity index (χ2v) is 8.13. The molecule has 0 radical (unpaired) electrons. The molecule has 0 saturated heterocycles. The normalized spacial score (nSPS) is 10.7. The lowest BCUT2D eigenvalue weighted by atomic mass is 10.2. The summed E-state index contributed by atoms with van der Waals surface area (Å²) in [7, 11) is 0. The standard InChI is InChI=1S/C21H16Cl2N4O2S/c22-16-5-7-17(8-6-16)29-11-14-9-19(30-12-14)20(28)25-21-24-13-27(26-21)10-15-3-1-2-4-18(15)23/h1-9,12-13H,10-11H2,(H,25,26,28). The first-order chi connectivity index (χ1) is 14.6. The number of aromatic nitrogens is 3. The van der Waals surface area contributed by atoms with Crippen LogP contribution in [0.5, 0.6) is 5.75 Å². The Morgan fingerprint density at radius 1 is 1.13 bits per heavy atom. The van der Waals surface area contributed by atoms with Crippen LogP contribution in [-0.4, -0.2) is 20.7 Å². The zero-order valence-electron chi connectivity index (χ0n) is 15.6. The van der Waals surface area contributed by atoms with Gasteiger partial charge in [0.2, 0.25) is 5.95 Å². The second-order valence-electron chi connectivity index (χ2n) is 6.37. The molecule has 0 aliphatic rings. The number of carbonyl (C=O) groups excluding carboxylic acids is 1. The van der Waals surface area contributed by atoms with Gasteiger partial charge in [-0.2, -0.15) is 0 Å². The zero-order chi connectivity index (χ0) is 20.9. The van der Waals surface area contributed by atoms with E-state index in [0.29, 0.717) is 33.8 Å². The molecular formula is C21H16Cl2N4O2S. The molecule has 0 bridgehead atoms. The number of amides is 1. The Hall–Kier alpha value is -2.87. The maximum Gasteiger partial charge on any atom is 0.268 e. The Labute approximate surface area is 187 Å². The van der Waals surface area contributed by atoms with Crippen molar-refractivity contribution in [3.8, 4) is 5.75 Å². The fraction of sp³-hybridized carbons (Fsp3) is 0.0952. The molecular weight excluding hydrogens is 443 g/mol. The second kappa shape index (κ2) is 9.30. The molecule has 0 unspecified atom stereocenters. The van der Waals surface area contributed by atoms with Gasteiger partial charge in [-0.05, 0) is 47.3 Å². The number of nitrogens with zero attached hydrogens (tertiary/aromatic N) is 3. The summed E-state index contributed by atoms with van der Waals surface area (Å²) in [5.41, 5.74) is 1.82. The molecule has 0 saturated carbocycles. The molecule has 152 valence electrons. The van der Waals surface area contributed by atoms with E-state index in [-0.39, 0.29) is 11.9 Å². The van der Waals surface area contributed by atoms with E-state index in [1.807, 2.05) is 29.6 Å². The van der Waals surface area contributed by atoms with Crippen LogP contribution >= 0.6 is 34.5 Å². The summed E-state index contributed by atoms with van der Waals surface area (Å²) in [6.45, 7) is 0.823. The van der Waals surface area contributed by atoms with Gasteiger partial charge in [-0.15, -0.1) is 16.4 Å². The largest absolute Gasteiger partial charge is 0.489 e. The van der Waals surface area contributed by atoms with Crippen molar-refractivity contribution in [2.75, 3.05) is 5.32 Å². The molecule has 30 heavy (non-hydrogen) atoms. The average molecular weight is 459 g/mol. The summed E-state index contributed by atoms with van der Waals surface area (Å²) in [5.74, 6) is 0.678. The minimum atomic E-state index is -0.270. The van der Waals surface area contributed by atoms with Crippen molar-refractivity contribution in [3.05, 3.63) is 92.4 Å². The predicted molar refractivity (Wildman–Crippen MR) is 119 cm³/mol. The Kier molecular flexibility index (Phi) is 6.32. The molecule has 2 aromatic heterocycles. The van der Waals surface area contributed by atoms with E-state index < -0.39 is 0 Å². The van der Waals surface area contributed by atoms with Crippen molar-refractivity contribution in [2.24, 2.45) is 0 Å². The van der Waals surface area contributed by atoms with Gasteiger partial charge in [-0.3, -0.25) is 10.1 Å². The van der Waals surface area contributed by atoms with Gasteiger partial charge in [-0.25, -0.2) is 9.67 Å². The number of ether oxygens (including phenoxy) is 1.